The molecular weight excluding hydrogens is 204 g/mol. The van der Waals surface area contributed by atoms with Crippen LogP contribution in [0.4, 0.5) is 0 Å². The zero-order valence-corrected chi connectivity index (χ0v) is 8.76. The van der Waals surface area contributed by atoms with Gasteiger partial charge < -0.3 is 10.0 Å². The summed E-state index contributed by atoms with van der Waals surface area (Å²) in [5.41, 5.74) is 0.268. The smallest absolute Gasteiger partial charge is 0.258 e. The van der Waals surface area contributed by atoms with E-state index in [2.05, 4.69) is 6.07 Å². The lowest BCUT2D eigenvalue weighted by Crippen LogP contribution is -2.34. The molecule has 1 fully saturated rings. The Bertz CT molecular complexity index is 451. The molecule has 0 spiro atoms. The van der Waals surface area contributed by atoms with Gasteiger partial charge in [-0.3, -0.25) is 4.79 Å². The number of hydrogen-bond donors (Lipinski definition) is 1. The van der Waals surface area contributed by atoms with Gasteiger partial charge in [-0.2, -0.15) is 5.26 Å². The molecule has 16 heavy (non-hydrogen) atoms. The zero-order chi connectivity index (χ0) is 11.5. The highest BCUT2D eigenvalue weighted by Crippen LogP contribution is 2.23. The molecule has 2 rings (SSSR count). The quantitative estimate of drug-likeness (QED) is 0.774. The molecule has 1 aliphatic heterocycles. The maximum absolute atomic E-state index is 12.1. The molecule has 1 aromatic rings. The highest BCUT2D eigenvalue weighted by molar-refractivity contribution is 5.97. The lowest BCUT2D eigenvalue weighted by Gasteiger charge is -2.19. The Morgan fingerprint density at radius 2 is 2.25 bits per heavy atom. The third kappa shape index (κ3) is 1.72. The number of carbonyl (C=O) groups excluding carboxylic acids is 1. The molecular formula is C12H12N2O2. The molecule has 1 heterocycles. The van der Waals surface area contributed by atoms with E-state index in [1.807, 2.05) is 0 Å². The summed E-state index contributed by atoms with van der Waals surface area (Å²) >= 11 is 0. The Kier molecular flexibility index (Phi) is 2.78. The summed E-state index contributed by atoms with van der Waals surface area (Å²) in [5, 5.41) is 18.5. The number of aromatic hydroxyl groups is 1. The van der Waals surface area contributed by atoms with E-state index >= 15 is 0 Å². The topological polar surface area (TPSA) is 64.3 Å². The summed E-state index contributed by atoms with van der Waals surface area (Å²) in [7, 11) is 0. The molecule has 1 aliphatic rings. The lowest BCUT2D eigenvalue weighted by molar-refractivity contribution is 0.0762. The second kappa shape index (κ2) is 4.23. The van der Waals surface area contributed by atoms with E-state index in [9.17, 15) is 9.90 Å². The van der Waals surface area contributed by atoms with E-state index in [-0.39, 0.29) is 23.3 Å². The normalized spacial score (nSPS) is 19.4. The number of benzene rings is 1. The Balaban J connectivity index is 2.26. The Morgan fingerprint density at radius 3 is 2.94 bits per heavy atom. The number of likely N-dealkylation sites (tertiary alicyclic amines) is 1. The van der Waals surface area contributed by atoms with Crippen molar-refractivity contribution in [3.05, 3.63) is 29.8 Å². The van der Waals surface area contributed by atoms with Gasteiger partial charge in [-0.1, -0.05) is 12.1 Å². The molecule has 1 saturated heterocycles. The molecule has 1 aromatic carbocycles. The van der Waals surface area contributed by atoms with Crippen LogP contribution in [-0.4, -0.2) is 28.5 Å². The van der Waals surface area contributed by atoms with Crippen LogP contribution in [0.1, 0.15) is 23.2 Å². The van der Waals surface area contributed by atoms with Crippen LogP contribution in [-0.2, 0) is 0 Å². The second-order valence-corrected chi connectivity index (χ2v) is 3.80. The number of rotatable bonds is 1. The molecule has 1 N–H and O–H groups in total. The van der Waals surface area contributed by atoms with Crippen LogP contribution in [0, 0.1) is 11.3 Å². The van der Waals surface area contributed by atoms with E-state index in [1.54, 1.807) is 18.2 Å². The van der Waals surface area contributed by atoms with E-state index in [0.717, 1.165) is 12.8 Å². The first kappa shape index (κ1) is 10.5. The van der Waals surface area contributed by atoms with Gasteiger partial charge in [0.15, 0.2) is 0 Å². The molecule has 82 valence electrons. The second-order valence-electron chi connectivity index (χ2n) is 3.80. The number of amides is 1. The van der Waals surface area contributed by atoms with Gasteiger partial charge in [0.2, 0.25) is 0 Å². The van der Waals surface area contributed by atoms with Crippen LogP contribution in [0.5, 0.6) is 5.75 Å². The number of phenols is 1. The maximum atomic E-state index is 12.1. The Hall–Kier alpha value is -2.02. The third-order valence-electron chi connectivity index (χ3n) is 2.80. The number of nitrogens with zero attached hydrogens (tertiary/aromatic N) is 2. The predicted molar refractivity (Wildman–Crippen MR) is 57.8 cm³/mol. The van der Waals surface area contributed by atoms with Gasteiger partial charge in [-0.15, -0.1) is 0 Å². The van der Waals surface area contributed by atoms with Crippen LogP contribution >= 0.6 is 0 Å². The summed E-state index contributed by atoms with van der Waals surface area (Å²) in [6.07, 6.45) is 1.56. The van der Waals surface area contributed by atoms with E-state index in [1.165, 1.54) is 11.0 Å². The van der Waals surface area contributed by atoms with Crippen molar-refractivity contribution >= 4 is 5.91 Å². The number of para-hydroxylation sites is 1. The summed E-state index contributed by atoms with van der Waals surface area (Å²) in [6, 6.07) is 8.17. The molecule has 0 aliphatic carbocycles. The lowest BCUT2D eigenvalue weighted by atomic mass is 10.1. The van der Waals surface area contributed by atoms with Crippen LogP contribution < -0.4 is 0 Å². The Labute approximate surface area is 93.7 Å². The fraction of sp³-hybridized carbons (Fsp3) is 0.333. The molecule has 4 heteroatoms. The van der Waals surface area contributed by atoms with Crippen LogP contribution in [0.2, 0.25) is 0 Å². The van der Waals surface area contributed by atoms with Gasteiger partial charge in [0, 0.05) is 6.54 Å². The minimum Gasteiger partial charge on any atom is -0.507 e. The zero-order valence-electron chi connectivity index (χ0n) is 8.76. The summed E-state index contributed by atoms with van der Waals surface area (Å²) in [4.78, 5) is 13.6. The van der Waals surface area contributed by atoms with Gasteiger partial charge in [0.1, 0.15) is 11.8 Å². The van der Waals surface area contributed by atoms with Crippen molar-refractivity contribution in [1.82, 2.24) is 4.90 Å². The molecule has 1 unspecified atom stereocenters. The molecule has 0 saturated carbocycles. The number of hydrogen-bond acceptors (Lipinski definition) is 3. The van der Waals surface area contributed by atoms with Crippen molar-refractivity contribution in [1.29, 1.82) is 5.26 Å². The van der Waals surface area contributed by atoms with Gasteiger partial charge in [0.05, 0.1) is 11.6 Å². The molecule has 1 amide bonds. The monoisotopic (exact) mass is 216 g/mol. The van der Waals surface area contributed by atoms with Crippen molar-refractivity contribution in [2.45, 2.75) is 18.9 Å². The standard InChI is InChI=1S/C12H12N2O2/c13-8-9-4-3-7-14(9)12(16)10-5-1-2-6-11(10)15/h1-2,5-6,9,15H,3-4,7H2. The first-order chi connectivity index (χ1) is 7.74. The van der Waals surface area contributed by atoms with E-state index < -0.39 is 0 Å². The largest absolute Gasteiger partial charge is 0.507 e. The van der Waals surface area contributed by atoms with Crippen molar-refractivity contribution < 1.29 is 9.90 Å². The molecule has 0 aromatic heterocycles. The van der Waals surface area contributed by atoms with Gasteiger partial charge in [-0.05, 0) is 25.0 Å². The number of phenolic OH excluding ortho intramolecular Hbond substituents is 1. The summed E-state index contributed by atoms with van der Waals surface area (Å²) in [5.74, 6) is -0.293. The number of carbonyl (C=O) groups is 1. The van der Waals surface area contributed by atoms with Crippen molar-refractivity contribution in [2.24, 2.45) is 0 Å². The van der Waals surface area contributed by atoms with Crippen LogP contribution in [0.3, 0.4) is 0 Å². The van der Waals surface area contributed by atoms with Crippen molar-refractivity contribution in [3.63, 3.8) is 0 Å². The third-order valence-corrected chi connectivity index (χ3v) is 2.80. The first-order valence-corrected chi connectivity index (χ1v) is 5.22. The number of nitriles is 1. The fourth-order valence-corrected chi connectivity index (χ4v) is 1.95. The minimum atomic E-state index is -0.355. The van der Waals surface area contributed by atoms with Crippen molar-refractivity contribution in [2.75, 3.05) is 6.54 Å². The van der Waals surface area contributed by atoms with Crippen molar-refractivity contribution in [3.8, 4) is 11.8 Å². The molecule has 0 radical (unpaired) electrons. The summed E-state index contributed by atoms with van der Waals surface area (Å²) in [6.45, 7) is 0.589. The maximum Gasteiger partial charge on any atom is 0.258 e. The SMILES string of the molecule is N#CC1CCCN1C(=O)c1ccccc1O. The highest BCUT2D eigenvalue weighted by Gasteiger charge is 2.30. The first-order valence-electron chi connectivity index (χ1n) is 5.22. The fourth-order valence-electron chi connectivity index (χ4n) is 1.95. The van der Waals surface area contributed by atoms with Gasteiger partial charge >= 0.3 is 0 Å². The summed E-state index contributed by atoms with van der Waals surface area (Å²) < 4.78 is 0. The molecule has 1 atom stereocenters. The van der Waals surface area contributed by atoms with Crippen LogP contribution in [0.15, 0.2) is 24.3 Å². The van der Waals surface area contributed by atoms with E-state index in [4.69, 9.17) is 5.26 Å². The molecule has 0 bridgehead atoms. The minimum absolute atomic E-state index is 0.0314. The average Bonchev–Trinajstić information content (AvgIpc) is 2.77. The highest BCUT2D eigenvalue weighted by atomic mass is 16.3. The van der Waals surface area contributed by atoms with E-state index in [0.29, 0.717) is 6.54 Å². The predicted octanol–water partition coefficient (Wildman–Crippen LogP) is 1.52. The Morgan fingerprint density at radius 1 is 1.50 bits per heavy atom. The van der Waals surface area contributed by atoms with Crippen LogP contribution in [0.25, 0.3) is 0 Å². The average molecular weight is 216 g/mol. The van der Waals surface area contributed by atoms with Gasteiger partial charge in [-0.25, -0.2) is 0 Å². The molecule has 4 nitrogen and oxygen atoms in total. The van der Waals surface area contributed by atoms with Gasteiger partial charge in [0.25, 0.3) is 5.91 Å².